The smallest absolute Gasteiger partial charge is 0.142 e. The van der Waals surface area contributed by atoms with E-state index in [-0.39, 0.29) is 11.1 Å². The van der Waals surface area contributed by atoms with Crippen LogP contribution in [0.1, 0.15) is 17.2 Å². The summed E-state index contributed by atoms with van der Waals surface area (Å²) in [6.45, 7) is 0. The molecule has 2 N–H and O–H groups in total. The molecule has 0 bridgehead atoms. The van der Waals surface area contributed by atoms with Gasteiger partial charge in [-0.1, -0.05) is 66.2 Å². The van der Waals surface area contributed by atoms with E-state index in [4.69, 9.17) is 17.3 Å². The maximum atomic E-state index is 13.5. The first-order valence-electron chi connectivity index (χ1n) is 6.83. The SMILES string of the molecule is NC(Cc1cccc2ccccc12)c1cccc(F)c1Cl. The Balaban J connectivity index is 1.97. The molecular weight excluding hydrogens is 285 g/mol. The molecule has 0 heterocycles. The Bertz CT molecular complexity index is 780. The van der Waals surface area contributed by atoms with E-state index in [1.54, 1.807) is 12.1 Å². The van der Waals surface area contributed by atoms with Gasteiger partial charge in [-0.25, -0.2) is 4.39 Å². The number of halogens is 2. The van der Waals surface area contributed by atoms with Gasteiger partial charge in [-0.05, 0) is 34.4 Å². The van der Waals surface area contributed by atoms with Crippen molar-refractivity contribution in [2.45, 2.75) is 12.5 Å². The van der Waals surface area contributed by atoms with Crippen LogP contribution in [-0.2, 0) is 6.42 Å². The number of hydrogen-bond acceptors (Lipinski definition) is 1. The number of rotatable bonds is 3. The number of fused-ring (bicyclic) bond motifs is 1. The second-order valence-electron chi connectivity index (χ2n) is 5.09. The Morgan fingerprint density at radius 2 is 1.67 bits per heavy atom. The second-order valence-corrected chi connectivity index (χ2v) is 5.47. The zero-order valence-electron chi connectivity index (χ0n) is 11.4. The van der Waals surface area contributed by atoms with Crippen molar-refractivity contribution >= 4 is 22.4 Å². The molecule has 1 nitrogen and oxygen atoms in total. The largest absolute Gasteiger partial charge is 0.324 e. The normalized spacial score (nSPS) is 12.5. The Kier molecular flexibility index (Phi) is 3.91. The van der Waals surface area contributed by atoms with Crippen LogP contribution in [0.3, 0.4) is 0 Å². The Morgan fingerprint density at radius 3 is 2.52 bits per heavy atom. The van der Waals surface area contributed by atoms with Gasteiger partial charge in [0, 0.05) is 6.04 Å². The van der Waals surface area contributed by atoms with Crippen LogP contribution in [0, 0.1) is 5.82 Å². The molecule has 1 unspecified atom stereocenters. The topological polar surface area (TPSA) is 26.0 Å². The number of benzene rings is 3. The monoisotopic (exact) mass is 299 g/mol. The Morgan fingerprint density at radius 1 is 0.952 bits per heavy atom. The van der Waals surface area contributed by atoms with Crippen LogP contribution in [0.4, 0.5) is 4.39 Å². The molecule has 0 fully saturated rings. The quantitative estimate of drug-likeness (QED) is 0.733. The Labute approximate surface area is 128 Å². The number of hydrogen-bond donors (Lipinski definition) is 1. The standard InChI is InChI=1S/C18H15ClFN/c19-18-15(9-4-10-16(18)20)17(21)11-13-7-3-6-12-5-1-2-8-14(12)13/h1-10,17H,11,21H2. The van der Waals surface area contributed by atoms with Crippen LogP contribution in [-0.4, -0.2) is 0 Å². The minimum Gasteiger partial charge on any atom is -0.324 e. The molecule has 0 saturated heterocycles. The van der Waals surface area contributed by atoms with Crippen molar-refractivity contribution in [3.05, 3.63) is 82.6 Å². The first kappa shape index (κ1) is 14.1. The van der Waals surface area contributed by atoms with Gasteiger partial charge < -0.3 is 5.73 Å². The third-order valence-corrected chi connectivity index (χ3v) is 4.10. The maximum Gasteiger partial charge on any atom is 0.142 e. The molecule has 3 aromatic rings. The van der Waals surface area contributed by atoms with E-state index in [0.717, 1.165) is 5.56 Å². The third-order valence-electron chi connectivity index (χ3n) is 3.70. The summed E-state index contributed by atoms with van der Waals surface area (Å²) in [7, 11) is 0. The van der Waals surface area contributed by atoms with Gasteiger partial charge in [0.2, 0.25) is 0 Å². The molecule has 3 aromatic carbocycles. The van der Waals surface area contributed by atoms with Gasteiger partial charge in [0.15, 0.2) is 0 Å². The van der Waals surface area contributed by atoms with E-state index in [0.29, 0.717) is 12.0 Å². The van der Waals surface area contributed by atoms with Crippen molar-refractivity contribution in [1.29, 1.82) is 0 Å². The highest BCUT2D eigenvalue weighted by Crippen LogP contribution is 2.28. The average Bonchev–Trinajstić information content (AvgIpc) is 2.50. The van der Waals surface area contributed by atoms with Gasteiger partial charge >= 0.3 is 0 Å². The lowest BCUT2D eigenvalue weighted by Gasteiger charge is -2.15. The maximum absolute atomic E-state index is 13.5. The van der Waals surface area contributed by atoms with E-state index in [1.165, 1.54) is 16.8 Å². The fraction of sp³-hybridized carbons (Fsp3) is 0.111. The molecule has 106 valence electrons. The zero-order valence-corrected chi connectivity index (χ0v) is 12.1. The van der Waals surface area contributed by atoms with Crippen LogP contribution >= 0.6 is 11.6 Å². The van der Waals surface area contributed by atoms with Crippen LogP contribution in [0.2, 0.25) is 5.02 Å². The van der Waals surface area contributed by atoms with Gasteiger partial charge in [0.05, 0.1) is 5.02 Å². The van der Waals surface area contributed by atoms with Crippen LogP contribution in [0.25, 0.3) is 10.8 Å². The molecule has 0 aromatic heterocycles. The predicted molar refractivity (Wildman–Crippen MR) is 86.0 cm³/mol. The fourth-order valence-corrected chi connectivity index (χ4v) is 2.89. The van der Waals surface area contributed by atoms with Crippen molar-refractivity contribution < 1.29 is 4.39 Å². The fourth-order valence-electron chi connectivity index (χ4n) is 2.62. The summed E-state index contributed by atoms with van der Waals surface area (Å²) in [6, 6.07) is 18.7. The van der Waals surface area contributed by atoms with E-state index in [1.807, 2.05) is 18.2 Å². The van der Waals surface area contributed by atoms with E-state index < -0.39 is 5.82 Å². The molecule has 3 rings (SSSR count). The zero-order chi connectivity index (χ0) is 14.8. The summed E-state index contributed by atoms with van der Waals surface area (Å²) in [6.07, 6.45) is 0.616. The highest BCUT2D eigenvalue weighted by molar-refractivity contribution is 6.31. The molecule has 3 heteroatoms. The van der Waals surface area contributed by atoms with Gasteiger partial charge in [0.1, 0.15) is 5.82 Å². The molecule has 0 saturated carbocycles. The second kappa shape index (κ2) is 5.84. The molecule has 0 amide bonds. The van der Waals surface area contributed by atoms with E-state index >= 15 is 0 Å². The summed E-state index contributed by atoms with van der Waals surface area (Å²) in [5, 5.41) is 2.46. The average molecular weight is 300 g/mol. The molecule has 1 atom stereocenters. The van der Waals surface area contributed by atoms with Gasteiger partial charge in [0.25, 0.3) is 0 Å². The van der Waals surface area contributed by atoms with Gasteiger partial charge in [-0.3, -0.25) is 0 Å². The Hall–Kier alpha value is -1.90. The van der Waals surface area contributed by atoms with Crippen molar-refractivity contribution in [2.24, 2.45) is 5.73 Å². The summed E-state index contributed by atoms with van der Waals surface area (Å²) < 4.78 is 13.5. The van der Waals surface area contributed by atoms with Crippen molar-refractivity contribution in [3.8, 4) is 0 Å². The lowest BCUT2D eigenvalue weighted by atomic mass is 9.95. The van der Waals surface area contributed by atoms with Gasteiger partial charge in [-0.15, -0.1) is 0 Å². The van der Waals surface area contributed by atoms with E-state index in [2.05, 4.69) is 24.3 Å². The van der Waals surface area contributed by atoms with Crippen LogP contribution in [0.15, 0.2) is 60.7 Å². The first-order valence-corrected chi connectivity index (χ1v) is 7.21. The molecule has 0 aliphatic heterocycles. The summed E-state index contributed by atoms with van der Waals surface area (Å²) >= 11 is 6.02. The van der Waals surface area contributed by atoms with Crippen molar-refractivity contribution in [3.63, 3.8) is 0 Å². The molecule has 0 radical (unpaired) electrons. The predicted octanol–water partition coefficient (Wildman–Crippen LogP) is 4.87. The lowest BCUT2D eigenvalue weighted by Crippen LogP contribution is -2.14. The summed E-state index contributed by atoms with van der Waals surface area (Å²) in [5.74, 6) is -0.428. The summed E-state index contributed by atoms with van der Waals surface area (Å²) in [5.41, 5.74) is 8.02. The first-order chi connectivity index (χ1) is 10.2. The molecular formula is C18H15ClFN. The van der Waals surface area contributed by atoms with Gasteiger partial charge in [-0.2, -0.15) is 0 Å². The van der Waals surface area contributed by atoms with Crippen LogP contribution in [0.5, 0.6) is 0 Å². The molecule has 0 spiro atoms. The van der Waals surface area contributed by atoms with E-state index in [9.17, 15) is 4.39 Å². The van der Waals surface area contributed by atoms with Crippen molar-refractivity contribution in [2.75, 3.05) is 0 Å². The molecule has 21 heavy (non-hydrogen) atoms. The minimum atomic E-state index is -0.428. The van der Waals surface area contributed by atoms with Crippen LogP contribution < -0.4 is 5.73 Å². The van der Waals surface area contributed by atoms with Crippen molar-refractivity contribution in [1.82, 2.24) is 0 Å². The minimum absolute atomic E-state index is 0.116. The third kappa shape index (κ3) is 2.78. The lowest BCUT2D eigenvalue weighted by molar-refractivity contribution is 0.619. The summed E-state index contributed by atoms with van der Waals surface area (Å²) in [4.78, 5) is 0. The molecule has 0 aliphatic rings. The highest BCUT2D eigenvalue weighted by Gasteiger charge is 2.14. The number of nitrogens with two attached hydrogens (primary N) is 1. The molecule has 0 aliphatic carbocycles. The highest BCUT2D eigenvalue weighted by atomic mass is 35.5.